The third-order valence-corrected chi connectivity index (χ3v) is 4.21. The second-order valence-corrected chi connectivity index (χ2v) is 6.38. The highest BCUT2D eigenvalue weighted by Crippen LogP contribution is 2.31. The van der Waals surface area contributed by atoms with E-state index >= 15 is 0 Å². The second-order valence-electron chi connectivity index (χ2n) is 5.06. The highest BCUT2D eigenvalue weighted by Gasteiger charge is 2.22. The monoisotopic (exact) mass is 351 g/mol. The van der Waals surface area contributed by atoms with Crippen molar-refractivity contribution in [3.8, 4) is 5.75 Å². The molecule has 0 bridgehead atoms. The lowest BCUT2D eigenvalue weighted by Crippen LogP contribution is -2.24. The van der Waals surface area contributed by atoms with Gasteiger partial charge in [-0.3, -0.25) is 0 Å². The zero-order chi connectivity index (χ0) is 14.1. The van der Waals surface area contributed by atoms with Crippen LogP contribution in [-0.2, 0) is 6.42 Å². The fraction of sp³-hybridized carbons (Fsp3) is 0.250. The Balaban J connectivity index is 1.63. The topological polar surface area (TPSA) is 21.3 Å². The fourth-order valence-corrected chi connectivity index (χ4v) is 3.10. The van der Waals surface area contributed by atoms with Crippen LogP contribution in [0.5, 0.6) is 5.75 Å². The van der Waals surface area contributed by atoms with Crippen LogP contribution in [0.4, 0.5) is 5.69 Å². The molecule has 0 amide bonds. The Morgan fingerprint density at radius 2 is 2.15 bits per heavy atom. The number of ether oxygens (including phenoxy) is 1. The predicted octanol–water partition coefficient (Wildman–Crippen LogP) is 4.83. The van der Waals surface area contributed by atoms with Crippen molar-refractivity contribution in [2.45, 2.75) is 19.4 Å². The van der Waals surface area contributed by atoms with Gasteiger partial charge in [-0.25, -0.2) is 0 Å². The number of rotatable bonds is 3. The molecule has 0 saturated carbocycles. The van der Waals surface area contributed by atoms with Crippen LogP contribution in [0.25, 0.3) is 0 Å². The van der Waals surface area contributed by atoms with Gasteiger partial charge in [-0.2, -0.15) is 0 Å². The summed E-state index contributed by atoms with van der Waals surface area (Å²) >= 11 is 9.70. The molecule has 0 radical (unpaired) electrons. The van der Waals surface area contributed by atoms with Gasteiger partial charge in [0.15, 0.2) is 0 Å². The van der Waals surface area contributed by atoms with E-state index in [1.165, 1.54) is 5.56 Å². The number of fused-ring (bicyclic) bond motifs is 1. The molecule has 0 aromatic heterocycles. The van der Waals surface area contributed by atoms with E-state index in [-0.39, 0.29) is 6.10 Å². The summed E-state index contributed by atoms with van der Waals surface area (Å²) in [6, 6.07) is 12.2. The number of aryl methyl sites for hydroxylation is 1. The SMILES string of the molecule is Cc1ccc(NCC2Cc3cc(Br)ccc3O2)c(Cl)c1. The van der Waals surface area contributed by atoms with Crippen molar-refractivity contribution in [1.29, 1.82) is 0 Å². The van der Waals surface area contributed by atoms with Crippen LogP contribution in [0.3, 0.4) is 0 Å². The summed E-state index contributed by atoms with van der Waals surface area (Å²) in [4.78, 5) is 0. The molecule has 2 aromatic carbocycles. The van der Waals surface area contributed by atoms with Gasteiger partial charge in [0.2, 0.25) is 0 Å². The van der Waals surface area contributed by atoms with Gasteiger partial charge in [0, 0.05) is 10.9 Å². The summed E-state index contributed by atoms with van der Waals surface area (Å²) in [5.41, 5.74) is 3.37. The first kappa shape index (κ1) is 13.8. The molecule has 1 aliphatic rings. The highest BCUT2D eigenvalue weighted by atomic mass is 79.9. The van der Waals surface area contributed by atoms with Crippen LogP contribution >= 0.6 is 27.5 Å². The molecule has 104 valence electrons. The molecule has 1 heterocycles. The van der Waals surface area contributed by atoms with Crippen LogP contribution in [-0.4, -0.2) is 12.6 Å². The van der Waals surface area contributed by atoms with Gasteiger partial charge in [0.05, 0.1) is 17.3 Å². The normalized spacial score (nSPS) is 16.6. The molecule has 0 aliphatic carbocycles. The minimum atomic E-state index is 0.150. The van der Waals surface area contributed by atoms with Crippen molar-refractivity contribution in [2.75, 3.05) is 11.9 Å². The van der Waals surface area contributed by atoms with E-state index in [1.807, 2.05) is 31.2 Å². The summed E-state index contributed by atoms with van der Waals surface area (Å²) in [6.07, 6.45) is 1.07. The number of benzene rings is 2. The summed E-state index contributed by atoms with van der Waals surface area (Å²) < 4.78 is 7.01. The summed E-state index contributed by atoms with van der Waals surface area (Å²) in [5.74, 6) is 0.981. The van der Waals surface area contributed by atoms with Gasteiger partial charge in [-0.05, 0) is 48.4 Å². The average Bonchev–Trinajstić information content (AvgIpc) is 2.79. The van der Waals surface area contributed by atoms with E-state index in [2.05, 4.69) is 33.4 Å². The molecule has 1 aliphatic heterocycles. The van der Waals surface area contributed by atoms with Crippen LogP contribution in [0, 0.1) is 6.92 Å². The van der Waals surface area contributed by atoms with Crippen molar-refractivity contribution in [3.63, 3.8) is 0 Å². The highest BCUT2D eigenvalue weighted by molar-refractivity contribution is 9.10. The van der Waals surface area contributed by atoms with Crippen molar-refractivity contribution >= 4 is 33.2 Å². The Kier molecular flexibility index (Phi) is 3.90. The van der Waals surface area contributed by atoms with Gasteiger partial charge in [-0.1, -0.05) is 33.6 Å². The molecule has 4 heteroatoms. The molecule has 2 aromatic rings. The zero-order valence-electron chi connectivity index (χ0n) is 11.1. The van der Waals surface area contributed by atoms with Crippen molar-refractivity contribution in [3.05, 3.63) is 57.0 Å². The zero-order valence-corrected chi connectivity index (χ0v) is 13.5. The van der Waals surface area contributed by atoms with Crippen LogP contribution in [0.2, 0.25) is 5.02 Å². The van der Waals surface area contributed by atoms with E-state index in [1.54, 1.807) is 0 Å². The fourth-order valence-electron chi connectivity index (χ4n) is 2.39. The summed E-state index contributed by atoms with van der Waals surface area (Å²) in [7, 11) is 0. The third-order valence-electron chi connectivity index (χ3n) is 3.41. The van der Waals surface area contributed by atoms with Gasteiger partial charge in [-0.15, -0.1) is 0 Å². The molecule has 20 heavy (non-hydrogen) atoms. The number of nitrogens with one attached hydrogen (secondary N) is 1. The molecule has 3 rings (SSSR count). The van der Waals surface area contributed by atoms with Gasteiger partial charge in [0.25, 0.3) is 0 Å². The smallest absolute Gasteiger partial charge is 0.123 e. The molecule has 0 saturated heterocycles. The van der Waals surface area contributed by atoms with Crippen molar-refractivity contribution < 1.29 is 4.74 Å². The minimum absolute atomic E-state index is 0.150. The van der Waals surface area contributed by atoms with E-state index in [0.29, 0.717) is 0 Å². The van der Waals surface area contributed by atoms with Crippen molar-refractivity contribution in [2.24, 2.45) is 0 Å². The Bertz CT molecular complexity index is 644. The van der Waals surface area contributed by atoms with Gasteiger partial charge >= 0.3 is 0 Å². The number of hydrogen-bond acceptors (Lipinski definition) is 2. The number of anilines is 1. The van der Waals surface area contributed by atoms with E-state index in [4.69, 9.17) is 16.3 Å². The average molecular weight is 353 g/mol. The number of hydrogen-bond donors (Lipinski definition) is 1. The Hall–Kier alpha value is -1.19. The molecule has 1 unspecified atom stereocenters. The molecule has 1 atom stereocenters. The summed E-state index contributed by atoms with van der Waals surface area (Å²) in [5, 5.41) is 4.12. The predicted molar refractivity (Wildman–Crippen MR) is 86.9 cm³/mol. The molecule has 2 nitrogen and oxygen atoms in total. The first-order valence-electron chi connectivity index (χ1n) is 6.57. The molecular formula is C16H15BrClNO. The van der Waals surface area contributed by atoms with Crippen molar-refractivity contribution in [1.82, 2.24) is 0 Å². The van der Waals surface area contributed by atoms with E-state index in [9.17, 15) is 0 Å². The second kappa shape index (κ2) is 5.66. The molecule has 1 N–H and O–H groups in total. The van der Waals surface area contributed by atoms with Crippen LogP contribution in [0.1, 0.15) is 11.1 Å². The molecule has 0 fully saturated rings. The maximum Gasteiger partial charge on any atom is 0.123 e. The molecular weight excluding hydrogens is 338 g/mol. The Morgan fingerprint density at radius 3 is 2.95 bits per heavy atom. The van der Waals surface area contributed by atoms with Crippen LogP contribution < -0.4 is 10.1 Å². The van der Waals surface area contributed by atoms with E-state index in [0.717, 1.165) is 39.5 Å². The van der Waals surface area contributed by atoms with Crippen LogP contribution in [0.15, 0.2) is 40.9 Å². The first-order chi connectivity index (χ1) is 9.61. The maximum absolute atomic E-state index is 6.22. The summed E-state index contributed by atoms with van der Waals surface area (Å²) in [6.45, 7) is 2.78. The Morgan fingerprint density at radius 1 is 1.30 bits per heavy atom. The quantitative estimate of drug-likeness (QED) is 0.854. The lowest BCUT2D eigenvalue weighted by molar-refractivity contribution is 0.246. The van der Waals surface area contributed by atoms with Gasteiger partial charge < -0.3 is 10.1 Å². The largest absolute Gasteiger partial charge is 0.488 e. The van der Waals surface area contributed by atoms with E-state index < -0.39 is 0 Å². The lowest BCUT2D eigenvalue weighted by Gasteiger charge is -2.14. The third kappa shape index (κ3) is 2.94. The standard InChI is InChI=1S/C16H15BrClNO/c1-10-2-4-15(14(18)6-10)19-9-13-8-11-7-12(17)3-5-16(11)20-13/h2-7,13,19H,8-9H2,1H3. The van der Waals surface area contributed by atoms with Gasteiger partial charge in [0.1, 0.15) is 11.9 Å². The Labute approximate surface area is 132 Å². The number of halogens is 2. The minimum Gasteiger partial charge on any atom is -0.488 e. The first-order valence-corrected chi connectivity index (χ1v) is 7.74. The molecule has 0 spiro atoms. The maximum atomic E-state index is 6.22. The lowest BCUT2D eigenvalue weighted by atomic mass is 10.1.